The number of imidazole rings is 1. The second-order valence-electron chi connectivity index (χ2n) is 5.57. The molecule has 1 aliphatic rings. The molecule has 2 atom stereocenters. The molecule has 1 aliphatic heterocycles. The van der Waals surface area contributed by atoms with E-state index in [1.807, 2.05) is 31.1 Å². The third-order valence-electron chi connectivity index (χ3n) is 4.08. The highest BCUT2D eigenvalue weighted by atomic mass is 16.5. The van der Waals surface area contributed by atoms with Crippen LogP contribution < -0.4 is 5.32 Å². The molecule has 1 saturated heterocycles. The summed E-state index contributed by atoms with van der Waals surface area (Å²) in [5.74, 6) is 1.46. The van der Waals surface area contributed by atoms with Crippen molar-refractivity contribution in [3.05, 3.63) is 30.1 Å². The van der Waals surface area contributed by atoms with Gasteiger partial charge in [0.2, 0.25) is 0 Å². The van der Waals surface area contributed by atoms with Gasteiger partial charge < -0.3 is 14.6 Å². The number of hydrogen-bond acceptors (Lipinski definition) is 5. The minimum Gasteiger partial charge on any atom is -0.370 e. The maximum atomic E-state index is 5.97. The highest BCUT2D eigenvalue weighted by molar-refractivity contribution is 5.00. The molecular weight excluding hydrogens is 268 g/mol. The third-order valence-corrected chi connectivity index (χ3v) is 4.08. The molecule has 7 nitrogen and oxygen atoms in total. The lowest BCUT2D eigenvalue weighted by Crippen LogP contribution is -2.33. The van der Waals surface area contributed by atoms with Gasteiger partial charge in [-0.1, -0.05) is 5.21 Å². The van der Waals surface area contributed by atoms with E-state index in [9.17, 15) is 0 Å². The first-order valence-corrected chi connectivity index (χ1v) is 7.39. The molecule has 2 aromatic rings. The number of rotatable bonds is 5. The molecule has 2 aromatic heterocycles. The molecule has 3 rings (SSSR count). The summed E-state index contributed by atoms with van der Waals surface area (Å²) in [5.41, 5.74) is 1.08. The summed E-state index contributed by atoms with van der Waals surface area (Å²) in [6.07, 6.45) is 7.95. The fraction of sp³-hybridized carbons (Fsp3) is 0.643. The van der Waals surface area contributed by atoms with Gasteiger partial charge in [-0.2, -0.15) is 0 Å². The summed E-state index contributed by atoms with van der Waals surface area (Å²) in [5, 5.41) is 11.3. The number of hydrogen-bond donors (Lipinski definition) is 1. The zero-order valence-corrected chi connectivity index (χ0v) is 12.6. The molecule has 0 radical (unpaired) electrons. The monoisotopic (exact) mass is 290 g/mol. The summed E-state index contributed by atoms with van der Waals surface area (Å²) >= 11 is 0. The van der Waals surface area contributed by atoms with E-state index in [1.165, 1.54) is 0 Å². The summed E-state index contributed by atoms with van der Waals surface area (Å²) in [6, 6.07) is 0. The van der Waals surface area contributed by atoms with Crippen LogP contribution in [0.2, 0.25) is 0 Å². The maximum absolute atomic E-state index is 5.97. The SMILES string of the molecule is Cn1ccnc1[C@@H]1OCCC[C@H]1CNCc1cnnn1C. The first-order valence-electron chi connectivity index (χ1n) is 7.39. The molecule has 1 fully saturated rings. The average molecular weight is 290 g/mol. The van der Waals surface area contributed by atoms with Crippen LogP contribution in [0.1, 0.15) is 30.5 Å². The van der Waals surface area contributed by atoms with E-state index in [0.717, 1.165) is 44.1 Å². The minimum atomic E-state index is 0.0795. The van der Waals surface area contributed by atoms with Gasteiger partial charge in [0, 0.05) is 52.1 Å². The van der Waals surface area contributed by atoms with Gasteiger partial charge in [0.05, 0.1) is 11.9 Å². The van der Waals surface area contributed by atoms with Crippen molar-refractivity contribution in [3.8, 4) is 0 Å². The zero-order valence-electron chi connectivity index (χ0n) is 12.6. The van der Waals surface area contributed by atoms with E-state index in [2.05, 4.69) is 20.6 Å². The Morgan fingerprint density at radius 3 is 3.05 bits per heavy atom. The van der Waals surface area contributed by atoms with E-state index < -0.39 is 0 Å². The zero-order chi connectivity index (χ0) is 14.7. The lowest BCUT2D eigenvalue weighted by atomic mass is 9.93. The molecule has 0 spiro atoms. The lowest BCUT2D eigenvalue weighted by Gasteiger charge is -2.31. The number of nitrogens with one attached hydrogen (secondary N) is 1. The van der Waals surface area contributed by atoms with Crippen LogP contribution in [0.25, 0.3) is 0 Å². The molecule has 1 N–H and O–H groups in total. The largest absolute Gasteiger partial charge is 0.370 e. The van der Waals surface area contributed by atoms with Crippen molar-refractivity contribution >= 4 is 0 Å². The minimum absolute atomic E-state index is 0.0795. The molecule has 0 bridgehead atoms. The highest BCUT2D eigenvalue weighted by Crippen LogP contribution is 2.32. The second kappa shape index (κ2) is 6.36. The predicted molar refractivity (Wildman–Crippen MR) is 77.3 cm³/mol. The normalized spacial score (nSPS) is 22.6. The van der Waals surface area contributed by atoms with Gasteiger partial charge in [-0.15, -0.1) is 5.10 Å². The van der Waals surface area contributed by atoms with Gasteiger partial charge in [-0.05, 0) is 12.8 Å². The number of ether oxygens (including phenoxy) is 1. The van der Waals surface area contributed by atoms with Crippen molar-refractivity contribution in [3.63, 3.8) is 0 Å². The van der Waals surface area contributed by atoms with Crippen LogP contribution in [-0.4, -0.2) is 37.7 Å². The Morgan fingerprint density at radius 1 is 1.43 bits per heavy atom. The first kappa shape index (κ1) is 14.2. The summed E-state index contributed by atoms with van der Waals surface area (Å²) in [7, 11) is 3.93. The Kier molecular flexibility index (Phi) is 4.31. The molecule has 0 unspecified atom stereocenters. The van der Waals surface area contributed by atoms with Crippen LogP contribution in [0.3, 0.4) is 0 Å². The van der Waals surface area contributed by atoms with Crippen molar-refractivity contribution in [1.82, 2.24) is 29.9 Å². The van der Waals surface area contributed by atoms with E-state index in [1.54, 1.807) is 10.9 Å². The fourth-order valence-corrected chi connectivity index (χ4v) is 2.85. The van der Waals surface area contributed by atoms with Crippen molar-refractivity contribution in [2.24, 2.45) is 20.0 Å². The van der Waals surface area contributed by atoms with E-state index in [4.69, 9.17) is 4.74 Å². The van der Waals surface area contributed by atoms with Crippen molar-refractivity contribution < 1.29 is 4.74 Å². The van der Waals surface area contributed by atoms with E-state index in [0.29, 0.717) is 5.92 Å². The lowest BCUT2D eigenvalue weighted by molar-refractivity contribution is -0.0344. The first-order chi connectivity index (χ1) is 10.3. The molecular formula is C14H22N6O. The Labute approximate surface area is 124 Å². The highest BCUT2D eigenvalue weighted by Gasteiger charge is 2.29. The van der Waals surface area contributed by atoms with E-state index in [-0.39, 0.29) is 6.10 Å². The quantitative estimate of drug-likeness (QED) is 0.882. The van der Waals surface area contributed by atoms with Crippen LogP contribution in [0.15, 0.2) is 18.6 Å². The Balaban J connectivity index is 1.60. The molecule has 7 heteroatoms. The summed E-state index contributed by atoms with van der Waals surface area (Å²) in [6.45, 7) is 2.50. The fourth-order valence-electron chi connectivity index (χ4n) is 2.85. The molecule has 114 valence electrons. The Bertz CT molecular complexity index is 578. The van der Waals surface area contributed by atoms with Gasteiger partial charge in [-0.3, -0.25) is 4.68 Å². The second-order valence-corrected chi connectivity index (χ2v) is 5.57. The summed E-state index contributed by atoms with van der Waals surface area (Å²) < 4.78 is 9.82. The van der Waals surface area contributed by atoms with Crippen LogP contribution in [0.4, 0.5) is 0 Å². The Hall–Kier alpha value is -1.73. The van der Waals surface area contributed by atoms with Crippen LogP contribution in [0.5, 0.6) is 0 Å². The maximum Gasteiger partial charge on any atom is 0.137 e. The predicted octanol–water partition coefficient (Wildman–Crippen LogP) is 0.806. The molecule has 0 amide bonds. The van der Waals surface area contributed by atoms with Gasteiger partial charge >= 0.3 is 0 Å². The van der Waals surface area contributed by atoms with Crippen molar-refractivity contribution in [2.45, 2.75) is 25.5 Å². The van der Waals surface area contributed by atoms with Crippen LogP contribution in [-0.2, 0) is 25.4 Å². The molecule has 0 aromatic carbocycles. The molecule has 21 heavy (non-hydrogen) atoms. The third kappa shape index (κ3) is 3.14. The van der Waals surface area contributed by atoms with Crippen LogP contribution >= 0.6 is 0 Å². The average Bonchev–Trinajstić information content (AvgIpc) is 3.09. The van der Waals surface area contributed by atoms with Gasteiger partial charge in [-0.25, -0.2) is 4.98 Å². The van der Waals surface area contributed by atoms with Crippen molar-refractivity contribution in [2.75, 3.05) is 13.2 Å². The standard InChI is InChI=1S/C14H22N6O/c1-19-6-5-16-14(19)13-11(4-3-7-21-13)8-15-9-12-10-17-18-20(12)2/h5-6,10-11,13,15H,3-4,7-9H2,1-2H3/t11-,13+/m0/s1. The van der Waals surface area contributed by atoms with E-state index >= 15 is 0 Å². The molecule has 0 aliphatic carbocycles. The van der Waals surface area contributed by atoms with Crippen molar-refractivity contribution in [1.29, 1.82) is 0 Å². The molecule has 0 saturated carbocycles. The van der Waals surface area contributed by atoms with Gasteiger partial charge in [0.25, 0.3) is 0 Å². The van der Waals surface area contributed by atoms with Gasteiger partial charge in [0.15, 0.2) is 0 Å². The van der Waals surface area contributed by atoms with Gasteiger partial charge in [0.1, 0.15) is 11.9 Å². The molecule has 3 heterocycles. The number of aromatic nitrogens is 5. The Morgan fingerprint density at radius 2 is 2.33 bits per heavy atom. The van der Waals surface area contributed by atoms with Crippen LogP contribution in [0, 0.1) is 5.92 Å². The smallest absolute Gasteiger partial charge is 0.137 e. The number of aryl methyl sites for hydroxylation is 2. The summed E-state index contributed by atoms with van der Waals surface area (Å²) in [4.78, 5) is 4.45. The topological polar surface area (TPSA) is 69.8 Å². The number of nitrogens with zero attached hydrogens (tertiary/aromatic N) is 5.